The Bertz CT molecular complexity index is 1280. The summed E-state index contributed by atoms with van der Waals surface area (Å²) in [6.45, 7) is 0. The fraction of sp³-hybridized carbons (Fsp3) is 0.130. The summed E-state index contributed by atoms with van der Waals surface area (Å²) in [4.78, 5) is 12.5. The van der Waals surface area contributed by atoms with Crippen LogP contribution in [0.15, 0.2) is 77.9 Å². The Morgan fingerprint density at radius 3 is 2.14 bits per heavy atom. The minimum Gasteiger partial charge on any atom is -0.457 e. The molecule has 0 aromatic heterocycles. The Morgan fingerprint density at radius 2 is 1.46 bits per heavy atom. The number of halogens is 6. The first-order valence-corrected chi connectivity index (χ1v) is 10.9. The Labute approximate surface area is 199 Å². The standard InChI is InChI=1S/C23H15F6N3O2S/c24-22(25,26)15-5-2-7-17(11-15)30-21(33)32-13-35-20(31-32)14-4-1-8-18(10-14)34-19-9-3-6-16(12-19)23(27,28)29/h1-12H,13H2,(H,30,33). The first-order valence-electron chi connectivity index (χ1n) is 9.92. The molecule has 0 spiro atoms. The third-order valence-corrected chi connectivity index (χ3v) is 5.65. The number of anilines is 1. The molecule has 0 bridgehead atoms. The summed E-state index contributed by atoms with van der Waals surface area (Å²) in [7, 11) is 0. The number of nitrogens with one attached hydrogen (secondary N) is 1. The molecule has 3 aromatic carbocycles. The summed E-state index contributed by atoms with van der Waals surface area (Å²) < 4.78 is 83.0. The SMILES string of the molecule is O=C(Nc1cccc(C(F)(F)F)c1)N1CSC(c2cccc(Oc3cccc(C(F)(F)F)c3)c2)=N1. The molecule has 182 valence electrons. The van der Waals surface area contributed by atoms with Crippen molar-refractivity contribution in [2.75, 3.05) is 11.2 Å². The first-order chi connectivity index (χ1) is 16.5. The quantitative estimate of drug-likeness (QED) is 0.371. The highest BCUT2D eigenvalue weighted by molar-refractivity contribution is 8.14. The van der Waals surface area contributed by atoms with Gasteiger partial charge < -0.3 is 10.1 Å². The fourth-order valence-corrected chi connectivity index (χ4v) is 3.93. The lowest BCUT2D eigenvalue weighted by molar-refractivity contribution is -0.138. The van der Waals surface area contributed by atoms with Gasteiger partial charge in [-0.2, -0.15) is 31.4 Å². The molecule has 0 saturated heterocycles. The molecule has 35 heavy (non-hydrogen) atoms. The van der Waals surface area contributed by atoms with E-state index in [0.717, 1.165) is 29.3 Å². The van der Waals surface area contributed by atoms with E-state index in [2.05, 4.69) is 10.4 Å². The number of alkyl halides is 6. The van der Waals surface area contributed by atoms with Crippen LogP contribution in [0.5, 0.6) is 11.5 Å². The zero-order valence-electron chi connectivity index (χ0n) is 17.5. The summed E-state index contributed by atoms with van der Waals surface area (Å²) in [6.07, 6.45) is -9.05. The zero-order chi connectivity index (χ0) is 25.2. The molecule has 1 N–H and O–H groups in total. The first kappa shape index (κ1) is 24.5. The number of thioether (sulfide) groups is 1. The van der Waals surface area contributed by atoms with Crippen LogP contribution in [0.25, 0.3) is 0 Å². The number of benzene rings is 3. The number of hydrogen-bond donors (Lipinski definition) is 1. The predicted octanol–water partition coefficient (Wildman–Crippen LogP) is 7.42. The Hall–Kier alpha value is -3.67. The molecule has 0 atom stereocenters. The Kier molecular flexibility index (Phi) is 6.66. The summed E-state index contributed by atoms with van der Waals surface area (Å²) in [5.41, 5.74) is -1.22. The van der Waals surface area contributed by atoms with E-state index in [9.17, 15) is 31.1 Å². The summed E-state index contributed by atoms with van der Waals surface area (Å²) in [5, 5.41) is 8.06. The van der Waals surface area contributed by atoms with E-state index >= 15 is 0 Å². The van der Waals surface area contributed by atoms with Crippen molar-refractivity contribution in [3.63, 3.8) is 0 Å². The fourth-order valence-electron chi connectivity index (χ4n) is 3.06. The van der Waals surface area contributed by atoms with Crippen molar-refractivity contribution in [3.8, 4) is 11.5 Å². The third-order valence-electron chi connectivity index (χ3n) is 4.69. The van der Waals surface area contributed by atoms with E-state index in [0.29, 0.717) is 10.6 Å². The third kappa shape index (κ3) is 6.07. The van der Waals surface area contributed by atoms with Crippen molar-refractivity contribution >= 4 is 28.5 Å². The number of amides is 2. The lowest BCUT2D eigenvalue weighted by atomic mass is 10.2. The van der Waals surface area contributed by atoms with Gasteiger partial charge in [0.15, 0.2) is 0 Å². The van der Waals surface area contributed by atoms with Gasteiger partial charge >= 0.3 is 18.4 Å². The lowest BCUT2D eigenvalue weighted by Crippen LogP contribution is -2.28. The number of ether oxygens (including phenoxy) is 1. The van der Waals surface area contributed by atoms with Gasteiger partial charge in [-0.25, -0.2) is 9.80 Å². The van der Waals surface area contributed by atoms with E-state index in [4.69, 9.17) is 4.74 Å². The van der Waals surface area contributed by atoms with Gasteiger partial charge in [-0.1, -0.05) is 36.0 Å². The van der Waals surface area contributed by atoms with Crippen LogP contribution >= 0.6 is 11.8 Å². The Balaban J connectivity index is 1.46. The van der Waals surface area contributed by atoms with Crippen LogP contribution in [-0.2, 0) is 12.4 Å². The molecule has 1 aliphatic heterocycles. The van der Waals surface area contributed by atoms with Crippen molar-refractivity contribution < 1.29 is 35.9 Å². The molecule has 0 unspecified atom stereocenters. The Morgan fingerprint density at radius 1 is 0.857 bits per heavy atom. The summed E-state index contributed by atoms with van der Waals surface area (Å²) in [5.74, 6) is 0.371. The number of nitrogens with zero attached hydrogens (tertiary/aromatic N) is 2. The molecule has 3 aromatic rings. The van der Waals surface area contributed by atoms with Crippen LogP contribution in [0.4, 0.5) is 36.8 Å². The van der Waals surface area contributed by atoms with Crippen LogP contribution in [0, 0.1) is 0 Å². The van der Waals surface area contributed by atoms with Gasteiger partial charge in [-0.05, 0) is 48.5 Å². The van der Waals surface area contributed by atoms with Gasteiger partial charge in [-0.3, -0.25) is 0 Å². The molecule has 0 fully saturated rings. The molecule has 12 heteroatoms. The van der Waals surface area contributed by atoms with E-state index in [1.54, 1.807) is 24.3 Å². The van der Waals surface area contributed by atoms with Gasteiger partial charge in [-0.15, -0.1) is 0 Å². The second-order valence-electron chi connectivity index (χ2n) is 7.24. The number of carbonyl (C=O) groups is 1. The smallest absolute Gasteiger partial charge is 0.416 e. The molecule has 0 radical (unpaired) electrons. The number of rotatable bonds is 4. The van der Waals surface area contributed by atoms with Crippen molar-refractivity contribution in [1.29, 1.82) is 0 Å². The topological polar surface area (TPSA) is 53.9 Å². The van der Waals surface area contributed by atoms with E-state index in [1.165, 1.54) is 36.0 Å². The summed E-state index contributed by atoms with van der Waals surface area (Å²) in [6, 6.07) is 14.4. The maximum Gasteiger partial charge on any atom is 0.416 e. The highest BCUT2D eigenvalue weighted by Crippen LogP contribution is 2.34. The molecule has 2 amide bonds. The van der Waals surface area contributed by atoms with Crippen molar-refractivity contribution in [1.82, 2.24) is 5.01 Å². The maximum atomic E-state index is 12.9. The van der Waals surface area contributed by atoms with Gasteiger partial charge in [0, 0.05) is 11.3 Å². The highest BCUT2D eigenvalue weighted by atomic mass is 32.2. The van der Waals surface area contributed by atoms with Crippen LogP contribution in [0.1, 0.15) is 16.7 Å². The highest BCUT2D eigenvalue weighted by Gasteiger charge is 2.31. The van der Waals surface area contributed by atoms with Crippen molar-refractivity contribution in [2.24, 2.45) is 5.10 Å². The minimum absolute atomic E-state index is 0.0000743. The van der Waals surface area contributed by atoms with Gasteiger partial charge in [0.05, 0.1) is 17.0 Å². The number of hydrazone groups is 1. The van der Waals surface area contributed by atoms with E-state index in [-0.39, 0.29) is 23.1 Å². The van der Waals surface area contributed by atoms with Crippen LogP contribution < -0.4 is 10.1 Å². The van der Waals surface area contributed by atoms with Crippen molar-refractivity contribution in [2.45, 2.75) is 12.4 Å². The minimum atomic E-state index is -4.54. The molecule has 0 aliphatic carbocycles. The molecular weight excluding hydrogens is 496 g/mol. The monoisotopic (exact) mass is 511 g/mol. The number of carbonyl (C=O) groups excluding carboxylic acids is 1. The van der Waals surface area contributed by atoms with E-state index in [1.807, 2.05) is 0 Å². The second-order valence-corrected chi connectivity index (χ2v) is 8.18. The molecule has 1 aliphatic rings. The number of hydrogen-bond acceptors (Lipinski definition) is 4. The molecule has 5 nitrogen and oxygen atoms in total. The number of urea groups is 1. The predicted molar refractivity (Wildman–Crippen MR) is 119 cm³/mol. The zero-order valence-corrected chi connectivity index (χ0v) is 18.3. The van der Waals surface area contributed by atoms with E-state index < -0.39 is 29.5 Å². The average Bonchev–Trinajstić information content (AvgIpc) is 3.29. The van der Waals surface area contributed by atoms with Crippen LogP contribution in [-0.4, -0.2) is 22.0 Å². The van der Waals surface area contributed by atoms with Crippen molar-refractivity contribution in [3.05, 3.63) is 89.5 Å². The van der Waals surface area contributed by atoms with Crippen LogP contribution in [0.2, 0.25) is 0 Å². The normalized spacial score (nSPS) is 14.0. The largest absolute Gasteiger partial charge is 0.457 e. The van der Waals surface area contributed by atoms with Crippen LogP contribution in [0.3, 0.4) is 0 Å². The van der Waals surface area contributed by atoms with Gasteiger partial charge in [0.2, 0.25) is 0 Å². The lowest BCUT2D eigenvalue weighted by Gasteiger charge is -2.13. The summed E-state index contributed by atoms with van der Waals surface area (Å²) >= 11 is 1.20. The average molecular weight is 511 g/mol. The maximum absolute atomic E-state index is 12.9. The molecule has 4 rings (SSSR count). The molecule has 0 saturated carbocycles. The van der Waals surface area contributed by atoms with Gasteiger partial charge in [0.1, 0.15) is 16.5 Å². The van der Waals surface area contributed by atoms with Gasteiger partial charge in [0.25, 0.3) is 0 Å². The second kappa shape index (κ2) is 9.53. The molecular formula is C23H15F6N3O2S. The molecule has 1 heterocycles.